The summed E-state index contributed by atoms with van der Waals surface area (Å²) in [4.78, 5) is 13.4. The fourth-order valence-electron chi connectivity index (χ4n) is 2.14. The van der Waals surface area contributed by atoms with E-state index in [-0.39, 0.29) is 24.4 Å². The first-order chi connectivity index (χ1) is 8.13. The maximum atomic E-state index is 13.2. The first kappa shape index (κ1) is 11.9. The van der Waals surface area contributed by atoms with Crippen LogP contribution in [0.5, 0.6) is 0 Å². The topological polar surface area (TPSA) is 52.6 Å². The van der Waals surface area contributed by atoms with E-state index in [1.54, 1.807) is 17.0 Å². The van der Waals surface area contributed by atoms with Gasteiger partial charge in [-0.15, -0.1) is 0 Å². The van der Waals surface area contributed by atoms with Crippen LogP contribution in [0.4, 0.5) is 10.1 Å². The summed E-state index contributed by atoms with van der Waals surface area (Å²) < 4.78 is 13.2. The van der Waals surface area contributed by atoms with E-state index in [4.69, 9.17) is 0 Å². The van der Waals surface area contributed by atoms with E-state index < -0.39 is 6.04 Å². The van der Waals surface area contributed by atoms with Crippen molar-refractivity contribution in [1.82, 2.24) is 5.32 Å². The van der Waals surface area contributed by atoms with Gasteiger partial charge in [-0.25, -0.2) is 4.39 Å². The standard InChI is InChI=1S/C12H15FN2O2/c1-8-6-14-12(17)11(7-16)15(8)10-4-2-3-9(13)5-10/h2-5,8,11,16H,6-7H2,1H3,(H,14,17). The van der Waals surface area contributed by atoms with Gasteiger partial charge >= 0.3 is 0 Å². The van der Waals surface area contributed by atoms with Crippen LogP contribution < -0.4 is 10.2 Å². The predicted molar refractivity (Wildman–Crippen MR) is 62.2 cm³/mol. The quantitative estimate of drug-likeness (QED) is 0.789. The van der Waals surface area contributed by atoms with Gasteiger partial charge in [-0.05, 0) is 25.1 Å². The van der Waals surface area contributed by atoms with Gasteiger partial charge in [0.05, 0.1) is 6.61 Å². The number of piperazine rings is 1. The number of aliphatic hydroxyl groups excluding tert-OH is 1. The minimum Gasteiger partial charge on any atom is -0.394 e. The van der Waals surface area contributed by atoms with Gasteiger partial charge < -0.3 is 15.3 Å². The molecule has 0 aliphatic carbocycles. The molecule has 0 radical (unpaired) electrons. The molecule has 1 aliphatic heterocycles. The highest BCUT2D eigenvalue weighted by Crippen LogP contribution is 2.23. The molecule has 5 heteroatoms. The van der Waals surface area contributed by atoms with Crippen molar-refractivity contribution in [3.63, 3.8) is 0 Å². The van der Waals surface area contributed by atoms with Gasteiger partial charge in [0.1, 0.15) is 11.9 Å². The third-order valence-corrected chi connectivity index (χ3v) is 2.96. The molecular weight excluding hydrogens is 223 g/mol. The fourth-order valence-corrected chi connectivity index (χ4v) is 2.14. The van der Waals surface area contributed by atoms with Gasteiger partial charge in [-0.3, -0.25) is 4.79 Å². The molecule has 17 heavy (non-hydrogen) atoms. The van der Waals surface area contributed by atoms with Crippen LogP contribution in [0.15, 0.2) is 24.3 Å². The van der Waals surface area contributed by atoms with Crippen LogP contribution in [0.1, 0.15) is 6.92 Å². The lowest BCUT2D eigenvalue weighted by Crippen LogP contribution is -2.61. The van der Waals surface area contributed by atoms with Gasteiger partial charge in [0.15, 0.2) is 0 Å². The number of nitrogens with one attached hydrogen (secondary N) is 1. The van der Waals surface area contributed by atoms with E-state index in [0.717, 1.165) is 0 Å². The van der Waals surface area contributed by atoms with Gasteiger partial charge in [0.25, 0.3) is 0 Å². The molecule has 1 aliphatic rings. The Labute approximate surface area is 99.0 Å². The normalized spacial score (nSPS) is 24.6. The summed E-state index contributed by atoms with van der Waals surface area (Å²) in [5, 5.41) is 12.0. The van der Waals surface area contributed by atoms with Crippen molar-refractivity contribution < 1.29 is 14.3 Å². The highest BCUT2D eigenvalue weighted by atomic mass is 19.1. The van der Waals surface area contributed by atoms with Crippen LogP contribution in [-0.2, 0) is 4.79 Å². The van der Waals surface area contributed by atoms with Crippen LogP contribution in [0.2, 0.25) is 0 Å². The van der Waals surface area contributed by atoms with Crippen LogP contribution in [0, 0.1) is 5.82 Å². The number of halogens is 1. The number of rotatable bonds is 2. The zero-order chi connectivity index (χ0) is 12.4. The maximum Gasteiger partial charge on any atom is 0.245 e. The zero-order valence-electron chi connectivity index (χ0n) is 9.56. The second-order valence-electron chi connectivity index (χ2n) is 4.18. The minimum atomic E-state index is -0.652. The van der Waals surface area contributed by atoms with E-state index in [0.29, 0.717) is 12.2 Å². The molecule has 2 N–H and O–H groups in total. The smallest absolute Gasteiger partial charge is 0.245 e. The summed E-state index contributed by atoms with van der Waals surface area (Å²) in [6.45, 7) is 2.13. The minimum absolute atomic E-state index is 0.0200. The average molecular weight is 238 g/mol. The molecule has 1 aromatic carbocycles. The van der Waals surface area contributed by atoms with E-state index in [1.165, 1.54) is 12.1 Å². The number of nitrogens with zero attached hydrogens (tertiary/aromatic N) is 1. The first-order valence-corrected chi connectivity index (χ1v) is 5.56. The number of carbonyl (C=O) groups is 1. The van der Waals surface area contributed by atoms with E-state index in [1.807, 2.05) is 6.92 Å². The number of aliphatic hydroxyl groups is 1. The van der Waals surface area contributed by atoms with Crippen molar-refractivity contribution >= 4 is 11.6 Å². The lowest BCUT2D eigenvalue weighted by Gasteiger charge is -2.40. The number of amides is 1. The summed E-state index contributed by atoms with van der Waals surface area (Å²) in [7, 11) is 0. The molecular formula is C12H15FN2O2. The summed E-state index contributed by atoms with van der Waals surface area (Å²) in [5.41, 5.74) is 0.617. The second-order valence-corrected chi connectivity index (χ2v) is 4.18. The second kappa shape index (κ2) is 4.71. The molecule has 1 amide bonds. The van der Waals surface area contributed by atoms with Crippen molar-refractivity contribution in [2.45, 2.75) is 19.0 Å². The Kier molecular flexibility index (Phi) is 3.28. The Morgan fingerprint density at radius 3 is 3.00 bits per heavy atom. The first-order valence-electron chi connectivity index (χ1n) is 5.56. The molecule has 92 valence electrons. The Morgan fingerprint density at radius 1 is 1.59 bits per heavy atom. The molecule has 2 rings (SSSR count). The Bertz CT molecular complexity index is 425. The summed E-state index contributed by atoms with van der Waals surface area (Å²) in [6, 6.07) is 5.43. The molecule has 1 aromatic rings. The third-order valence-electron chi connectivity index (χ3n) is 2.96. The van der Waals surface area contributed by atoms with Crippen LogP contribution in [0.3, 0.4) is 0 Å². The van der Waals surface area contributed by atoms with Crippen LogP contribution in [0.25, 0.3) is 0 Å². The Hall–Kier alpha value is -1.62. The number of hydrogen-bond acceptors (Lipinski definition) is 3. The summed E-state index contributed by atoms with van der Waals surface area (Å²) in [5.74, 6) is -0.577. The SMILES string of the molecule is CC1CNC(=O)C(CO)N1c1cccc(F)c1. The lowest BCUT2D eigenvalue weighted by molar-refractivity contribution is -0.124. The molecule has 1 fully saturated rings. The molecule has 0 aromatic heterocycles. The van der Waals surface area contributed by atoms with Crippen LogP contribution >= 0.6 is 0 Å². The van der Waals surface area contributed by atoms with Gasteiger partial charge in [-0.1, -0.05) is 6.07 Å². The summed E-state index contributed by atoms with van der Waals surface area (Å²) >= 11 is 0. The highest BCUT2D eigenvalue weighted by molar-refractivity contribution is 5.87. The molecule has 2 atom stereocenters. The van der Waals surface area contributed by atoms with Gasteiger partial charge in [0, 0.05) is 18.3 Å². The van der Waals surface area contributed by atoms with E-state index in [9.17, 15) is 14.3 Å². The van der Waals surface area contributed by atoms with Crippen molar-refractivity contribution in [3.05, 3.63) is 30.1 Å². The van der Waals surface area contributed by atoms with Gasteiger partial charge in [0.2, 0.25) is 5.91 Å². The van der Waals surface area contributed by atoms with Crippen molar-refractivity contribution in [2.24, 2.45) is 0 Å². The molecule has 1 heterocycles. The Balaban J connectivity index is 2.35. The van der Waals surface area contributed by atoms with Crippen molar-refractivity contribution in [3.8, 4) is 0 Å². The number of carbonyl (C=O) groups excluding carboxylic acids is 1. The zero-order valence-corrected chi connectivity index (χ0v) is 9.56. The molecule has 1 saturated heterocycles. The molecule has 0 bridgehead atoms. The monoisotopic (exact) mass is 238 g/mol. The fraction of sp³-hybridized carbons (Fsp3) is 0.417. The third kappa shape index (κ3) is 2.24. The number of hydrogen-bond donors (Lipinski definition) is 2. The number of benzene rings is 1. The molecule has 0 spiro atoms. The lowest BCUT2D eigenvalue weighted by atomic mass is 10.1. The maximum absolute atomic E-state index is 13.2. The largest absolute Gasteiger partial charge is 0.394 e. The van der Waals surface area contributed by atoms with Gasteiger partial charge in [-0.2, -0.15) is 0 Å². The summed E-state index contributed by atoms with van der Waals surface area (Å²) in [6.07, 6.45) is 0. The van der Waals surface area contributed by atoms with Crippen molar-refractivity contribution in [2.75, 3.05) is 18.1 Å². The molecule has 4 nitrogen and oxygen atoms in total. The number of anilines is 1. The van der Waals surface area contributed by atoms with Crippen LogP contribution in [-0.4, -0.2) is 36.2 Å². The molecule has 2 unspecified atom stereocenters. The predicted octanol–water partition coefficient (Wildman–Crippen LogP) is 0.511. The highest BCUT2D eigenvalue weighted by Gasteiger charge is 2.33. The average Bonchev–Trinajstić information content (AvgIpc) is 2.31. The molecule has 0 saturated carbocycles. The van der Waals surface area contributed by atoms with Crippen molar-refractivity contribution in [1.29, 1.82) is 0 Å². The Morgan fingerprint density at radius 2 is 2.35 bits per heavy atom. The van der Waals surface area contributed by atoms with E-state index >= 15 is 0 Å². The van der Waals surface area contributed by atoms with E-state index in [2.05, 4.69) is 5.32 Å².